The summed E-state index contributed by atoms with van der Waals surface area (Å²) in [6.07, 6.45) is 3.26. The minimum atomic E-state index is 0.0263. The fourth-order valence-corrected chi connectivity index (χ4v) is 3.76. The van der Waals surface area contributed by atoms with E-state index in [0.29, 0.717) is 12.0 Å². The Balaban J connectivity index is 1.59. The topological polar surface area (TPSA) is 54.1 Å². The normalized spacial score (nSPS) is 27.4. The number of ether oxygens (including phenoxy) is 1. The molecule has 0 bridgehead atoms. The number of aryl methyl sites for hydroxylation is 1. The number of aromatic nitrogens is 1. The fraction of sp³-hybridized carbons (Fsp3) is 0.471. The molecule has 2 aromatic rings. The molecule has 0 radical (unpaired) electrons. The minimum Gasteiger partial charge on any atom is -0.378 e. The van der Waals surface area contributed by atoms with Gasteiger partial charge in [-0.3, -0.25) is 4.79 Å². The molecule has 4 heteroatoms. The molecule has 2 N–H and O–H groups in total. The molecular weight excluding hydrogens is 264 g/mol. The first kappa shape index (κ1) is 12.9. The number of nitrogens with one attached hydrogen (secondary N) is 2. The predicted octanol–water partition coefficient (Wildman–Crippen LogP) is 2.64. The monoisotopic (exact) mass is 284 g/mol. The Morgan fingerprint density at radius 2 is 2.29 bits per heavy atom. The predicted molar refractivity (Wildman–Crippen MR) is 81.4 cm³/mol. The van der Waals surface area contributed by atoms with Crippen molar-refractivity contribution in [1.29, 1.82) is 0 Å². The summed E-state index contributed by atoms with van der Waals surface area (Å²) in [6.45, 7) is 2.94. The first-order valence-corrected chi connectivity index (χ1v) is 7.80. The van der Waals surface area contributed by atoms with Crippen LogP contribution in [0.25, 0.3) is 10.9 Å². The molecule has 1 aromatic heterocycles. The van der Waals surface area contributed by atoms with Gasteiger partial charge in [0.05, 0.1) is 6.10 Å². The molecule has 1 aliphatic heterocycles. The molecule has 110 valence electrons. The smallest absolute Gasteiger partial charge is 0.268 e. The van der Waals surface area contributed by atoms with E-state index in [1.165, 1.54) is 0 Å². The number of hydrogen-bond donors (Lipinski definition) is 2. The van der Waals surface area contributed by atoms with E-state index in [1.54, 1.807) is 0 Å². The van der Waals surface area contributed by atoms with Crippen LogP contribution in [0.15, 0.2) is 24.3 Å². The number of benzene rings is 1. The maximum Gasteiger partial charge on any atom is 0.268 e. The third kappa shape index (κ3) is 1.97. The molecule has 1 saturated heterocycles. The summed E-state index contributed by atoms with van der Waals surface area (Å²) >= 11 is 0. The molecule has 4 rings (SSSR count). The summed E-state index contributed by atoms with van der Waals surface area (Å²) < 4.78 is 5.60. The molecule has 3 atom stereocenters. The van der Waals surface area contributed by atoms with Crippen molar-refractivity contribution in [2.24, 2.45) is 5.92 Å². The third-order valence-electron chi connectivity index (χ3n) is 4.97. The zero-order valence-electron chi connectivity index (χ0n) is 12.2. The van der Waals surface area contributed by atoms with Crippen molar-refractivity contribution in [2.45, 2.75) is 38.3 Å². The zero-order valence-corrected chi connectivity index (χ0v) is 12.2. The first-order chi connectivity index (χ1) is 10.3. The van der Waals surface area contributed by atoms with Gasteiger partial charge in [-0.2, -0.15) is 0 Å². The van der Waals surface area contributed by atoms with Gasteiger partial charge in [0.25, 0.3) is 5.91 Å². The highest BCUT2D eigenvalue weighted by atomic mass is 16.5. The van der Waals surface area contributed by atoms with E-state index >= 15 is 0 Å². The van der Waals surface area contributed by atoms with E-state index in [-0.39, 0.29) is 11.9 Å². The Labute approximate surface area is 123 Å². The van der Waals surface area contributed by atoms with Gasteiger partial charge < -0.3 is 15.0 Å². The Bertz CT molecular complexity index is 691. The van der Waals surface area contributed by atoms with Gasteiger partial charge in [-0.25, -0.2) is 0 Å². The lowest BCUT2D eigenvalue weighted by atomic mass is 9.76. The lowest BCUT2D eigenvalue weighted by molar-refractivity contribution is 0.00802. The average molecular weight is 284 g/mol. The zero-order chi connectivity index (χ0) is 14.4. The van der Waals surface area contributed by atoms with Crippen molar-refractivity contribution in [3.8, 4) is 0 Å². The minimum absolute atomic E-state index is 0.0263. The van der Waals surface area contributed by atoms with Crippen LogP contribution in [0.5, 0.6) is 0 Å². The molecule has 21 heavy (non-hydrogen) atoms. The van der Waals surface area contributed by atoms with Crippen LogP contribution in [0, 0.1) is 5.92 Å². The number of carbonyl (C=O) groups is 1. The highest BCUT2D eigenvalue weighted by Crippen LogP contribution is 2.38. The number of aromatic amines is 1. The van der Waals surface area contributed by atoms with Gasteiger partial charge >= 0.3 is 0 Å². The molecule has 1 aliphatic carbocycles. The Morgan fingerprint density at radius 1 is 1.43 bits per heavy atom. The van der Waals surface area contributed by atoms with E-state index < -0.39 is 0 Å². The van der Waals surface area contributed by atoms with Gasteiger partial charge in [0.1, 0.15) is 5.69 Å². The number of carbonyl (C=O) groups excluding carboxylic acids is 1. The van der Waals surface area contributed by atoms with Crippen molar-refractivity contribution < 1.29 is 9.53 Å². The third-order valence-corrected chi connectivity index (χ3v) is 4.97. The summed E-state index contributed by atoms with van der Waals surface area (Å²) in [6, 6.07) is 8.39. The van der Waals surface area contributed by atoms with Crippen molar-refractivity contribution in [3.05, 3.63) is 35.5 Å². The van der Waals surface area contributed by atoms with Gasteiger partial charge in [-0.1, -0.05) is 25.1 Å². The van der Waals surface area contributed by atoms with Gasteiger partial charge in [0.15, 0.2) is 0 Å². The van der Waals surface area contributed by atoms with Gasteiger partial charge in [-0.15, -0.1) is 0 Å². The van der Waals surface area contributed by atoms with Crippen LogP contribution in [0.2, 0.25) is 0 Å². The molecule has 1 saturated carbocycles. The molecule has 4 nitrogen and oxygen atoms in total. The Morgan fingerprint density at radius 3 is 3.10 bits per heavy atom. The molecule has 2 aliphatic rings. The van der Waals surface area contributed by atoms with Crippen LogP contribution >= 0.6 is 0 Å². The van der Waals surface area contributed by atoms with Crippen LogP contribution < -0.4 is 5.32 Å². The number of hydrogen-bond acceptors (Lipinski definition) is 2. The van der Waals surface area contributed by atoms with Crippen molar-refractivity contribution in [3.63, 3.8) is 0 Å². The molecule has 2 heterocycles. The number of rotatable bonds is 3. The van der Waals surface area contributed by atoms with E-state index in [4.69, 9.17) is 4.74 Å². The SMILES string of the molecule is CCc1c(C(=O)N[C@@H]2C[C@H]3OCC[C@@H]23)[nH]c2ccccc12. The summed E-state index contributed by atoms with van der Waals surface area (Å²) in [5, 5.41) is 4.34. The maximum absolute atomic E-state index is 12.6. The molecule has 0 spiro atoms. The lowest BCUT2D eigenvalue weighted by Crippen LogP contribution is -2.53. The summed E-state index contributed by atoms with van der Waals surface area (Å²) in [7, 11) is 0. The molecule has 1 aromatic carbocycles. The Hall–Kier alpha value is -1.81. The van der Waals surface area contributed by atoms with Gasteiger partial charge in [0.2, 0.25) is 0 Å². The van der Waals surface area contributed by atoms with Crippen molar-refractivity contribution in [1.82, 2.24) is 10.3 Å². The van der Waals surface area contributed by atoms with E-state index in [2.05, 4.69) is 23.3 Å². The molecular formula is C17H20N2O2. The number of fused-ring (bicyclic) bond motifs is 2. The van der Waals surface area contributed by atoms with E-state index in [1.807, 2.05) is 18.2 Å². The second kappa shape index (κ2) is 4.88. The first-order valence-electron chi connectivity index (χ1n) is 7.80. The van der Waals surface area contributed by atoms with Crippen LogP contribution in [0.4, 0.5) is 0 Å². The maximum atomic E-state index is 12.6. The second-order valence-corrected chi connectivity index (χ2v) is 6.06. The van der Waals surface area contributed by atoms with Gasteiger partial charge in [-0.05, 0) is 30.9 Å². The summed E-state index contributed by atoms with van der Waals surface area (Å²) in [4.78, 5) is 15.9. The number of H-pyrrole nitrogens is 1. The quantitative estimate of drug-likeness (QED) is 0.910. The summed E-state index contributed by atoms with van der Waals surface area (Å²) in [5.41, 5.74) is 2.87. The van der Waals surface area contributed by atoms with Gasteiger partial charge in [0, 0.05) is 29.5 Å². The van der Waals surface area contributed by atoms with Crippen molar-refractivity contribution in [2.75, 3.05) is 6.61 Å². The highest BCUT2D eigenvalue weighted by Gasteiger charge is 2.45. The highest BCUT2D eigenvalue weighted by molar-refractivity contribution is 6.01. The van der Waals surface area contributed by atoms with E-state index in [0.717, 1.165) is 48.0 Å². The van der Waals surface area contributed by atoms with Crippen LogP contribution in [-0.4, -0.2) is 29.6 Å². The summed E-state index contributed by atoms with van der Waals surface area (Å²) in [5.74, 6) is 0.543. The van der Waals surface area contributed by atoms with Crippen LogP contribution in [-0.2, 0) is 11.2 Å². The number of amides is 1. The van der Waals surface area contributed by atoms with Crippen molar-refractivity contribution >= 4 is 16.8 Å². The van der Waals surface area contributed by atoms with Crippen LogP contribution in [0.3, 0.4) is 0 Å². The second-order valence-electron chi connectivity index (χ2n) is 6.06. The molecule has 2 fully saturated rings. The lowest BCUT2D eigenvalue weighted by Gasteiger charge is -2.39. The standard InChI is InChI=1S/C17H20N2O2/c1-2-10-11-5-3-4-6-13(11)18-16(10)17(20)19-14-9-15-12(14)7-8-21-15/h3-6,12,14-15,18H,2,7-9H2,1H3,(H,19,20)/t12-,14+,15+/m0/s1. The number of para-hydroxylation sites is 1. The fourth-order valence-electron chi connectivity index (χ4n) is 3.76. The van der Waals surface area contributed by atoms with Crippen LogP contribution in [0.1, 0.15) is 35.8 Å². The largest absolute Gasteiger partial charge is 0.378 e. The average Bonchev–Trinajstić information content (AvgIpc) is 3.04. The molecule has 1 amide bonds. The molecule has 0 unspecified atom stereocenters. The van der Waals surface area contributed by atoms with E-state index in [9.17, 15) is 4.79 Å². The Kier molecular flexibility index (Phi) is 3.00.